The second kappa shape index (κ2) is 10.2. The SMILES string of the molecule is COc1cc(CNC(=O)c2cccc(S(=O)(=O)N3CCN(C)CC3)c2)ccc1OC(F)F. The van der Waals surface area contributed by atoms with E-state index in [9.17, 15) is 22.0 Å². The zero-order chi connectivity index (χ0) is 23.3. The third kappa shape index (κ3) is 5.72. The zero-order valence-electron chi connectivity index (χ0n) is 17.8. The summed E-state index contributed by atoms with van der Waals surface area (Å²) in [5.41, 5.74) is 0.794. The Balaban J connectivity index is 1.69. The zero-order valence-corrected chi connectivity index (χ0v) is 18.6. The van der Waals surface area contributed by atoms with Crippen LogP contribution in [0, 0.1) is 0 Å². The third-order valence-corrected chi connectivity index (χ3v) is 6.99. The van der Waals surface area contributed by atoms with Crippen LogP contribution in [-0.4, -0.2) is 70.5 Å². The number of hydrogen-bond acceptors (Lipinski definition) is 6. The molecule has 0 atom stereocenters. The van der Waals surface area contributed by atoms with Gasteiger partial charge in [-0.25, -0.2) is 8.42 Å². The molecule has 0 aromatic heterocycles. The lowest BCUT2D eigenvalue weighted by Crippen LogP contribution is -2.47. The molecule has 8 nitrogen and oxygen atoms in total. The Morgan fingerprint density at radius 1 is 1.09 bits per heavy atom. The minimum atomic E-state index is -3.70. The first-order valence-corrected chi connectivity index (χ1v) is 11.3. The fourth-order valence-corrected chi connectivity index (χ4v) is 4.74. The second-order valence-corrected chi connectivity index (χ2v) is 9.22. The van der Waals surface area contributed by atoms with Crippen LogP contribution < -0.4 is 14.8 Å². The molecular formula is C21H25F2N3O5S. The van der Waals surface area contributed by atoms with Crippen molar-refractivity contribution in [1.82, 2.24) is 14.5 Å². The van der Waals surface area contributed by atoms with Crippen LogP contribution in [0.2, 0.25) is 0 Å². The molecule has 1 N–H and O–H groups in total. The Kier molecular flexibility index (Phi) is 7.64. The Hall–Kier alpha value is -2.76. The summed E-state index contributed by atoms with van der Waals surface area (Å²) in [6.45, 7) is -0.831. The lowest BCUT2D eigenvalue weighted by Gasteiger charge is -2.31. The molecule has 174 valence electrons. The predicted molar refractivity (Wildman–Crippen MR) is 113 cm³/mol. The fourth-order valence-electron chi connectivity index (χ4n) is 3.28. The monoisotopic (exact) mass is 469 g/mol. The smallest absolute Gasteiger partial charge is 0.387 e. The van der Waals surface area contributed by atoms with Crippen LogP contribution in [0.25, 0.3) is 0 Å². The minimum absolute atomic E-state index is 0.0601. The molecular weight excluding hydrogens is 444 g/mol. The molecule has 11 heteroatoms. The van der Waals surface area contributed by atoms with Gasteiger partial charge in [0.2, 0.25) is 10.0 Å². The number of ether oxygens (including phenoxy) is 2. The van der Waals surface area contributed by atoms with E-state index in [1.807, 2.05) is 7.05 Å². The average Bonchev–Trinajstić information content (AvgIpc) is 2.78. The van der Waals surface area contributed by atoms with Gasteiger partial charge in [-0.15, -0.1) is 0 Å². The first kappa shape index (κ1) is 23.9. The number of amides is 1. The van der Waals surface area contributed by atoms with Crippen molar-refractivity contribution in [3.05, 3.63) is 53.6 Å². The van der Waals surface area contributed by atoms with Crippen molar-refractivity contribution >= 4 is 15.9 Å². The number of carbonyl (C=O) groups is 1. The van der Waals surface area contributed by atoms with E-state index in [4.69, 9.17) is 4.74 Å². The van der Waals surface area contributed by atoms with Crippen LogP contribution in [0.15, 0.2) is 47.4 Å². The lowest BCUT2D eigenvalue weighted by atomic mass is 10.1. The van der Waals surface area contributed by atoms with Gasteiger partial charge in [0.1, 0.15) is 0 Å². The molecule has 1 heterocycles. The van der Waals surface area contributed by atoms with Gasteiger partial charge < -0.3 is 19.7 Å². The molecule has 1 saturated heterocycles. The van der Waals surface area contributed by atoms with Crippen molar-refractivity contribution in [2.24, 2.45) is 0 Å². The summed E-state index contributed by atoms with van der Waals surface area (Å²) in [5.74, 6) is -0.469. The number of nitrogens with zero attached hydrogens (tertiary/aromatic N) is 2. The first-order chi connectivity index (χ1) is 15.2. The number of carbonyl (C=O) groups excluding carboxylic acids is 1. The van der Waals surface area contributed by atoms with E-state index in [2.05, 4.69) is 15.0 Å². The Morgan fingerprint density at radius 2 is 1.81 bits per heavy atom. The highest BCUT2D eigenvalue weighted by Crippen LogP contribution is 2.29. The molecule has 2 aromatic rings. The van der Waals surface area contributed by atoms with Crippen molar-refractivity contribution in [2.45, 2.75) is 18.1 Å². The van der Waals surface area contributed by atoms with E-state index in [0.29, 0.717) is 31.7 Å². The maximum absolute atomic E-state index is 12.9. The van der Waals surface area contributed by atoms with Crippen molar-refractivity contribution in [2.75, 3.05) is 40.3 Å². The highest BCUT2D eigenvalue weighted by Gasteiger charge is 2.28. The van der Waals surface area contributed by atoms with Gasteiger partial charge in [0, 0.05) is 38.3 Å². The largest absolute Gasteiger partial charge is 0.493 e. The summed E-state index contributed by atoms with van der Waals surface area (Å²) in [7, 11) is -0.441. The summed E-state index contributed by atoms with van der Waals surface area (Å²) in [6, 6.07) is 10.2. The van der Waals surface area contributed by atoms with Crippen molar-refractivity contribution in [3.63, 3.8) is 0 Å². The number of halogens is 2. The molecule has 1 aliphatic rings. The van der Waals surface area contributed by atoms with Gasteiger partial charge in [-0.2, -0.15) is 13.1 Å². The van der Waals surface area contributed by atoms with Crippen LogP contribution in [0.3, 0.4) is 0 Å². The summed E-state index contributed by atoms with van der Waals surface area (Å²) >= 11 is 0. The van der Waals surface area contributed by atoms with Gasteiger partial charge >= 0.3 is 6.61 Å². The normalized spacial score (nSPS) is 15.5. The highest BCUT2D eigenvalue weighted by molar-refractivity contribution is 7.89. The third-order valence-electron chi connectivity index (χ3n) is 5.09. The van der Waals surface area contributed by atoms with Crippen LogP contribution in [0.5, 0.6) is 11.5 Å². The quantitative estimate of drug-likeness (QED) is 0.638. The topological polar surface area (TPSA) is 88.2 Å². The maximum Gasteiger partial charge on any atom is 0.387 e. The second-order valence-electron chi connectivity index (χ2n) is 7.28. The number of sulfonamides is 1. The number of nitrogens with one attached hydrogen (secondary N) is 1. The standard InChI is InChI=1S/C21H25F2N3O5S/c1-25-8-10-26(11-9-25)32(28,29)17-5-3-4-16(13-17)20(27)24-14-15-6-7-18(31-21(22)23)19(12-15)30-2/h3-7,12-13,21H,8-11,14H2,1-2H3,(H,24,27). The van der Waals surface area contributed by atoms with Crippen LogP contribution in [-0.2, 0) is 16.6 Å². The van der Waals surface area contributed by atoms with E-state index in [1.54, 1.807) is 0 Å². The molecule has 0 bridgehead atoms. The number of likely N-dealkylation sites (N-methyl/N-ethyl adjacent to an activating group) is 1. The molecule has 0 unspecified atom stereocenters. The van der Waals surface area contributed by atoms with Gasteiger partial charge in [0.25, 0.3) is 5.91 Å². The van der Waals surface area contributed by atoms with Crippen molar-refractivity contribution in [3.8, 4) is 11.5 Å². The number of benzene rings is 2. The van der Waals surface area contributed by atoms with Gasteiger partial charge in [0.15, 0.2) is 11.5 Å². The van der Waals surface area contributed by atoms with Crippen LogP contribution in [0.4, 0.5) is 8.78 Å². The summed E-state index contributed by atoms with van der Waals surface area (Å²) in [6.07, 6.45) is 0. The number of alkyl halides is 2. The molecule has 0 radical (unpaired) electrons. The molecule has 1 fully saturated rings. The molecule has 32 heavy (non-hydrogen) atoms. The van der Waals surface area contributed by atoms with E-state index in [1.165, 1.54) is 53.9 Å². The first-order valence-electron chi connectivity index (χ1n) is 9.89. The predicted octanol–water partition coefficient (Wildman–Crippen LogP) is 2.16. The van der Waals surface area contributed by atoms with Gasteiger partial charge in [-0.1, -0.05) is 12.1 Å². The van der Waals surface area contributed by atoms with Crippen molar-refractivity contribution in [1.29, 1.82) is 0 Å². The fraction of sp³-hybridized carbons (Fsp3) is 0.381. The molecule has 3 rings (SSSR count). The average molecular weight is 470 g/mol. The highest BCUT2D eigenvalue weighted by atomic mass is 32.2. The van der Waals surface area contributed by atoms with Gasteiger partial charge in [0.05, 0.1) is 12.0 Å². The summed E-state index contributed by atoms with van der Waals surface area (Å²) < 4.78 is 61.6. The molecule has 0 aliphatic carbocycles. The molecule has 1 amide bonds. The van der Waals surface area contributed by atoms with Crippen LogP contribution >= 0.6 is 0 Å². The van der Waals surface area contributed by atoms with Gasteiger partial charge in [-0.05, 0) is 42.9 Å². The maximum atomic E-state index is 12.9. The Bertz CT molecular complexity index is 1060. The Labute approximate surface area is 185 Å². The van der Waals surface area contributed by atoms with E-state index < -0.39 is 22.5 Å². The molecule has 1 aliphatic heterocycles. The number of rotatable bonds is 8. The summed E-state index contributed by atoms with van der Waals surface area (Å²) in [4.78, 5) is 14.7. The molecule has 0 saturated carbocycles. The molecule has 2 aromatic carbocycles. The number of piperazine rings is 1. The van der Waals surface area contributed by atoms with Crippen LogP contribution in [0.1, 0.15) is 15.9 Å². The van der Waals surface area contributed by atoms with E-state index >= 15 is 0 Å². The Morgan fingerprint density at radius 3 is 2.47 bits per heavy atom. The minimum Gasteiger partial charge on any atom is -0.493 e. The lowest BCUT2D eigenvalue weighted by molar-refractivity contribution is -0.0512. The van der Waals surface area contributed by atoms with Gasteiger partial charge in [-0.3, -0.25) is 4.79 Å². The number of hydrogen-bond donors (Lipinski definition) is 1. The van der Waals surface area contributed by atoms with E-state index in [0.717, 1.165) is 0 Å². The van der Waals surface area contributed by atoms with E-state index in [-0.39, 0.29) is 28.5 Å². The summed E-state index contributed by atoms with van der Waals surface area (Å²) in [5, 5.41) is 2.69. The van der Waals surface area contributed by atoms with Crippen molar-refractivity contribution < 1.29 is 31.5 Å². The molecule has 0 spiro atoms. The number of methoxy groups -OCH3 is 1.